The predicted octanol–water partition coefficient (Wildman–Crippen LogP) is 5.52. The number of hydrogen-bond donors (Lipinski definition) is 1. The number of carbonyl (C=O) groups is 1. The second-order valence-corrected chi connectivity index (χ2v) is 6.22. The molecule has 1 aromatic heterocycles. The van der Waals surface area contributed by atoms with Crippen LogP contribution in [0.2, 0.25) is 10.0 Å². The minimum atomic E-state index is -0.671. The second-order valence-electron chi connectivity index (χ2n) is 5.43. The molecule has 1 heterocycles. The van der Waals surface area contributed by atoms with Crippen LogP contribution in [0.4, 0.5) is 11.4 Å². The number of rotatable bonds is 3. The highest BCUT2D eigenvalue weighted by Gasteiger charge is 2.24. The largest absolute Gasteiger partial charge is 0.459 e. The van der Waals surface area contributed by atoms with Gasteiger partial charge < -0.3 is 9.73 Å². The van der Waals surface area contributed by atoms with Crippen LogP contribution in [0.1, 0.15) is 21.7 Å². The first-order valence-electron chi connectivity index (χ1n) is 7.23. The fourth-order valence-electron chi connectivity index (χ4n) is 2.54. The van der Waals surface area contributed by atoms with E-state index in [2.05, 4.69) is 5.32 Å². The zero-order valence-corrected chi connectivity index (χ0v) is 14.7. The van der Waals surface area contributed by atoms with E-state index in [0.29, 0.717) is 11.3 Å². The highest BCUT2D eigenvalue weighted by Crippen LogP contribution is 2.35. The summed E-state index contributed by atoms with van der Waals surface area (Å²) >= 11 is 12.0. The van der Waals surface area contributed by atoms with Crippen molar-refractivity contribution >= 4 is 51.5 Å². The number of hydrogen-bond acceptors (Lipinski definition) is 4. The van der Waals surface area contributed by atoms with Crippen LogP contribution in [-0.2, 0) is 0 Å². The van der Waals surface area contributed by atoms with Gasteiger partial charge in [0.15, 0.2) is 5.58 Å². The monoisotopic (exact) mass is 378 g/mol. The third-order valence-corrected chi connectivity index (χ3v) is 4.64. The summed E-state index contributed by atoms with van der Waals surface area (Å²) in [6.45, 7) is 3.75. The molecule has 2 aromatic carbocycles. The molecule has 25 heavy (non-hydrogen) atoms. The van der Waals surface area contributed by atoms with E-state index in [0.717, 1.165) is 22.8 Å². The lowest BCUT2D eigenvalue weighted by Gasteiger charge is -2.09. The van der Waals surface area contributed by atoms with Gasteiger partial charge in [-0.2, -0.15) is 0 Å². The minimum Gasteiger partial charge on any atom is -0.459 e. The summed E-state index contributed by atoms with van der Waals surface area (Å²) in [6.07, 6.45) is 0. The summed E-state index contributed by atoms with van der Waals surface area (Å²) in [4.78, 5) is 23.0. The van der Waals surface area contributed by atoms with Crippen molar-refractivity contribution in [2.45, 2.75) is 13.8 Å². The van der Waals surface area contributed by atoms with Gasteiger partial charge in [0.05, 0.1) is 21.2 Å². The van der Waals surface area contributed by atoms with Crippen molar-refractivity contribution in [1.29, 1.82) is 0 Å². The average Bonchev–Trinajstić information content (AvgIpc) is 2.83. The van der Waals surface area contributed by atoms with Gasteiger partial charge in [-0.05, 0) is 31.5 Å². The molecule has 6 nitrogen and oxygen atoms in total. The number of nitro groups is 1. The lowest BCUT2D eigenvalue weighted by molar-refractivity contribution is -0.384. The van der Waals surface area contributed by atoms with Crippen LogP contribution in [-0.4, -0.2) is 10.8 Å². The quantitative estimate of drug-likeness (QED) is 0.480. The Morgan fingerprint density at radius 2 is 1.92 bits per heavy atom. The highest BCUT2D eigenvalue weighted by atomic mass is 35.5. The van der Waals surface area contributed by atoms with Gasteiger partial charge in [0.25, 0.3) is 11.6 Å². The lowest BCUT2D eigenvalue weighted by Crippen LogP contribution is -2.14. The zero-order chi connectivity index (χ0) is 18.3. The number of aryl methyl sites for hydroxylation is 2. The number of furan rings is 1. The van der Waals surface area contributed by atoms with E-state index in [1.165, 1.54) is 6.07 Å². The molecule has 0 aliphatic rings. The molecule has 0 aliphatic heterocycles. The Kier molecular flexibility index (Phi) is 4.41. The molecule has 0 saturated heterocycles. The van der Waals surface area contributed by atoms with Crippen molar-refractivity contribution in [1.82, 2.24) is 0 Å². The van der Waals surface area contributed by atoms with Crippen LogP contribution in [0, 0.1) is 24.0 Å². The predicted molar refractivity (Wildman–Crippen MR) is 96.8 cm³/mol. The number of anilines is 1. The second kappa shape index (κ2) is 6.38. The van der Waals surface area contributed by atoms with Gasteiger partial charge in [-0.3, -0.25) is 14.9 Å². The average molecular weight is 379 g/mol. The summed E-state index contributed by atoms with van der Waals surface area (Å²) < 4.78 is 5.70. The smallest absolute Gasteiger partial charge is 0.288 e. The topological polar surface area (TPSA) is 85.4 Å². The molecular weight excluding hydrogens is 367 g/mol. The Hall–Kier alpha value is -2.57. The van der Waals surface area contributed by atoms with Gasteiger partial charge in [0.2, 0.25) is 0 Å². The number of benzene rings is 2. The summed E-state index contributed by atoms with van der Waals surface area (Å²) in [5.41, 5.74) is 1.37. The van der Waals surface area contributed by atoms with Crippen molar-refractivity contribution in [3.05, 3.63) is 67.4 Å². The molecule has 0 atom stereocenters. The van der Waals surface area contributed by atoms with Gasteiger partial charge in [-0.1, -0.05) is 35.3 Å². The number of halogens is 2. The van der Waals surface area contributed by atoms with Crippen LogP contribution in [0.15, 0.2) is 34.7 Å². The van der Waals surface area contributed by atoms with Crippen molar-refractivity contribution in [3.8, 4) is 0 Å². The molecule has 0 aliphatic carbocycles. The van der Waals surface area contributed by atoms with Crippen LogP contribution >= 0.6 is 23.2 Å². The van der Waals surface area contributed by atoms with Gasteiger partial charge in [0.1, 0.15) is 10.8 Å². The molecule has 0 radical (unpaired) electrons. The van der Waals surface area contributed by atoms with Gasteiger partial charge in [-0.25, -0.2) is 0 Å². The molecule has 0 saturated carbocycles. The fourth-order valence-corrected chi connectivity index (χ4v) is 3.15. The fraction of sp³-hybridized carbons (Fsp3) is 0.118. The maximum absolute atomic E-state index is 12.6. The van der Waals surface area contributed by atoms with Crippen LogP contribution in [0.25, 0.3) is 11.0 Å². The molecule has 0 fully saturated rings. The Balaban J connectivity index is 2.06. The van der Waals surface area contributed by atoms with Gasteiger partial charge in [0, 0.05) is 11.5 Å². The molecule has 8 heteroatoms. The Morgan fingerprint density at radius 3 is 2.60 bits per heavy atom. The number of carbonyl (C=O) groups excluding carboxylic acids is 1. The van der Waals surface area contributed by atoms with E-state index in [1.54, 1.807) is 12.1 Å². The third kappa shape index (κ3) is 2.94. The first kappa shape index (κ1) is 17.3. The van der Waals surface area contributed by atoms with Crippen molar-refractivity contribution in [2.75, 3.05) is 5.32 Å². The number of nitro benzene ring substituents is 1. The highest BCUT2D eigenvalue weighted by molar-refractivity contribution is 6.41. The first-order chi connectivity index (χ1) is 11.8. The number of amides is 1. The van der Waals surface area contributed by atoms with Crippen LogP contribution in [0.3, 0.4) is 0 Å². The number of fused-ring (bicyclic) bond motifs is 1. The molecule has 0 unspecified atom stereocenters. The molecule has 1 amide bonds. The normalized spacial score (nSPS) is 10.9. The number of nitrogens with one attached hydrogen (secondary N) is 1. The molecule has 128 valence electrons. The van der Waals surface area contributed by atoms with E-state index in [9.17, 15) is 14.9 Å². The minimum absolute atomic E-state index is 0.0204. The maximum atomic E-state index is 12.6. The van der Waals surface area contributed by atoms with Gasteiger partial charge in [-0.15, -0.1) is 0 Å². The van der Waals surface area contributed by atoms with Crippen LogP contribution < -0.4 is 5.32 Å². The van der Waals surface area contributed by atoms with Crippen LogP contribution in [0.5, 0.6) is 0 Å². The van der Waals surface area contributed by atoms with E-state index in [1.807, 2.05) is 19.9 Å². The molecule has 1 N–H and O–H groups in total. The first-order valence-corrected chi connectivity index (χ1v) is 7.99. The van der Waals surface area contributed by atoms with Gasteiger partial charge >= 0.3 is 0 Å². The molecule has 0 spiro atoms. The molecule has 3 aromatic rings. The van der Waals surface area contributed by atoms with E-state index in [4.69, 9.17) is 27.6 Å². The molecule has 3 rings (SSSR count). The lowest BCUT2D eigenvalue weighted by atomic mass is 10.1. The summed E-state index contributed by atoms with van der Waals surface area (Å²) in [7, 11) is 0. The van der Waals surface area contributed by atoms with Crippen molar-refractivity contribution in [3.63, 3.8) is 0 Å². The van der Waals surface area contributed by atoms with E-state index < -0.39 is 10.8 Å². The molecule has 0 bridgehead atoms. The standard InChI is InChI=1S/C17H12Cl2N2O4/c1-8-9(2)25-16-10(8)4-3-5-12(16)20-17(22)14-11(18)6-7-13(15(14)19)21(23)24/h3-7H,1-2H3,(H,20,22). The van der Waals surface area contributed by atoms with E-state index >= 15 is 0 Å². The van der Waals surface area contributed by atoms with E-state index in [-0.39, 0.29) is 21.3 Å². The summed E-state index contributed by atoms with van der Waals surface area (Å²) in [5, 5.41) is 14.3. The third-order valence-electron chi connectivity index (χ3n) is 3.94. The number of para-hydroxylation sites is 1. The summed E-state index contributed by atoms with van der Waals surface area (Å²) in [6, 6.07) is 7.74. The zero-order valence-electron chi connectivity index (χ0n) is 13.2. The summed E-state index contributed by atoms with van der Waals surface area (Å²) in [5.74, 6) is 0.0843. The Labute approximate surface area is 152 Å². The van der Waals surface area contributed by atoms with Crippen molar-refractivity contribution < 1.29 is 14.1 Å². The molecular formula is C17H12Cl2N2O4. The number of nitrogens with zero attached hydrogens (tertiary/aromatic N) is 1. The van der Waals surface area contributed by atoms with Crippen molar-refractivity contribution in [2.24, 2.45) is 0 Å². The Bertz CT molecular complexity index is 1030. The SMILES string of the molecule is Cc1oc2c(NC(=O)c3c(Cl)ccc([N+](=O)[O-])c3Cl)cccc2c1C. The Morgan fingerprint density at radius 1 is 1.20 bits per heavy atom. The maximum Gasteiger partial charge on any atom is 0.288 e.